The number of aryl methyl sites for hydroxylation is 1. The molecule has 0 saturated carbocycles. The summed E-state index contributed by atoms with van der Waals surface area (Å²) in [6.07, 6.45) is -0.0203. The van der Waals surface area contributed by atoms with Gasteiger partial charge in [0.1, 0.15) is 18.4 Å². The molecular formula is C23H28N4O3. The molecule has 2 heterocycles. The summed E-state index contributed by atoms with van der Waals surface area (Å²) in [5.41, 5.74) is 3.17. The number of nitriles is 1. The van der Waals surface area contributed by atoms with Crippen LogP contribution in [0.1, 0.15) is 36.4 Å². The number of rotatable bonds is 8. The van der Waals surface area contributed by atoms with Crippen LogP contribution in [0.25, 0.3) is 0 Å². The summed E-state index contributed by atoms with van der Waals surface area (Å²) in [4.78, 5) is 18.2. The zero-order valence-corrected chi connectivity index (χ0v) is 17.9. The van der Waals surface area contributed by atoms with Gasteiger partial charge in [0, 0.05) is 26.7 Å². The van der Waals surface area contributed by atoms with Crippen LogP contribution < -0.4 is 14.8 Å². The summed E-state index contributed by atoms with van der Waals surface area (Å²) in [5, 5.41) is 12.0. The lowest BCUT2D eigenvalue weighted by molar-refractivity contribution is -0.129. The topological polar surface area (TPSA) is 87.5 Å². The number of ether oxygens (including phenoxy) is 2. The molecule has 1 aliphatic rings. The molecule has 1 saturated heterocycles. The SMILES string of the molecule is CNC(=O)C1CN(Cc2ccc(OCc3ccc(OC(C)C)c(C#N)n3)c(C)c2)C1. The molecule has 1 amide bonds. The molecule has 1 N–H and O–H groups in total. The van der Waals surface area contributed by atoms with E-state index in [1.165, 1.54) is 5.56 Å². The molecule has 1 aromatic heterocycles. The highest BCUT2D eigenvalue weighted by Crippen LogP contribution is 2.24. The van der Waals surface area contributed by atoms with Crippen molar-refractivity contribution in [3.63, 3.8) is 0 Å². The number of aromatic nitrogens is 1. The molecule has 3 rings (SSSR count). The lowest BCUT2D eigenvalue weighted by Crippen LogP contribution is -2.52. The van der Waals surface area contributed by atoms with Gasteiger partial charge in [0.2, 0.25) is 5.91 Å². The Morgan fingerprint density at radius 3 is 2.67 bits per heavy atom. The number of carbonyl (C=O) groups excluding carboxylic acids is 1. The maximum Gasteiger partial charge on any atom is 0.225 e. The van der Waals surface area contributed by atoms with E-state index in [1.807, 2.05) is 39.0 Å². The zero-order chi connectivity index (χ0) is 21.7. The fraction of sp³-hybridized carbons (Fsp3) is 0.435. The number of hydrogen-bond donors (Lipinski definition) is 1. The Bertz CT molecular complexity index is 946. The Balaban J connectivity index is 1.56. The van der Waals surface area contributed by atoms with Crippen molar-refractivity contribution in [1.29, 1.82) is 5.26 Å². The van der Waals surface area contributed by atoms with Crippen molar-refractivity contribution in [2.24, 2.45) is 5.92 Å². The fourth-order valence-corrected chi connectivity index (χ4v) is 3.45. The molecule has 0 atom stereocenters. The Kier molecular flexibility index (Phi) is 6.91. The van der Waals surface area contributed by atoms with Crippen molar-refractivity contribution in [3.8, 4) is 17.6 Å². The highest BCUT2D eigenvalue weighted by Gasteiger charge is 2.31. The summed E-state index contributed by atoms with van der Waals surface area (Å²) in [6, 6.07) is 11.8. The Morgan fingerprint density at radius 1 is 1.30 bits per heavy atom. The molecule has 158 valence electrons. The summed E-state index contributed by atoms with van der Waals surface area (Å²) in [7, 11) is 1.68. The first-order valence-electron chi connectivity index (χ1n) is 10.1. The monoisotopic (exact) mass is 408 g/mol. The van der Waals surface area contributed by atoms with Gasteiger partial charge in [-0.3, -0.25) is 9.69 Å². The second-order valence-electron chi connectivity index (χ2n) is 7.82. The molecule has 0 radical (unpaired) electrons. The number of benzene rings is 1. The third kappa shape index (κ3) is 5.28. The van der Waals surface area contributed by atoms with E-state index in [9.17, 15) is 10.1 Å². The number of nitrogens with zero attached hydrogens (tertiary/aromatic N) is 3. The van der Waals surface area contributed by atoms with Gasteiger partial charge in [0.25, 0.3) is 0 Å². The van der Waals surface area contributed by atoms with Crippen LogP contribution in [-0.2, 0) is 17.9 Å². The first-order valence-corrected chi connectivity index (χ1v) is 10.1. The minimum absolute atomic E-state index is 0.0203. The molecule has 2 aromatic rings. The van der Waals surface area contributed by atoms with E-state index < -0.39 is 0 Å². The van der Waals surface area contributed by atoms with Crippen LogP contribution in [0.4, 0.5) is 0 Å². The Morgan fingerprint density at radius 2 is 2.03 bits per heavy atom. The van der Waals surface area contributed by atoms with Crippen molar-refractivity contribution >= 4 is 5.91 Å². The van der Waals surface area contributed by atoms with E-state index in [0.717, 1.165) is 30.9 Å². The second kappa shape index (κ2) is 9.59. The summed E-state index contributed by atoms with van der Waals surface area (Å²) < 4.78 is 11.5. The molecule has 0 bridgehead atoms. The van der Waals surface area contributed by atoms with Gasteiger partial charge in [-0.2, -0.15) is 5.26 Å². The lowest BCUT2D eigenvalue weighted by Gasteiger charge is -2.38. The number of amides is 1. The van der Waals surface area contributed by atoms with E-state index in [0.29, 0.717) is 11.4 Å². The third-order valence-corrected chi connectivity index (χ3v) is 4.98. The number of hydrogen-bond acceptors (Lipinski definition) is 6. The van der Waals surface area contributed by atoms with Crippen LogP contribution >= 0.6 is 0 Å². The van der Waals surface area contributed by atoms with E-state index >= 15 is 0 Å². The summed E-state index contributed by atoms with van der Waals surface area (Å²) in [5.74, 6) is 1.49. The highest BCUT2D eigenvalue weighted by molar-refractivity contribution is 5.79. The average Bonchev–Trinajstić information content (AvgIpc) is 2.69. The largest absolute Gasteiger partial charge is 0.488 e. The molecule has 1 fully saturated rings. The van der Waals surface area contributed by atoms with Crippen LogP contribution in [0.2, 0.25) is 0 Å². The average molecular weight is 409 g/mol. The molecule has 7 nitrogen and oxygen atoms in total. The molecule has 7 heteroatoms. The molecular weight excluding hydrogens is 380 g/mol. The molecule has 0 unspecified atom stereocenters. The smallest absolute Gasteiger partial charge is 0.225 e. The van der Waals surface area contributed by atoms with Gasteiger partial charge in [-0.25, -0.2) is 4.98 Å². The first-order chi connectivity index (χ1) is 14.4. The summed E-state index contributed by atoms with van der Waals surface area (Å²) >= 11 is 0. The predicted octanol–water partition coefficient (Wildman–Crippen LogP) is 2.81. The van der Waals surface area contributed by atoms with E-state index in [2.05, 4.69) is 27.3 Å². The van der Waals surface area contributed by atoms with Gasteiger partial charge < -0.3 is 14.8 Å². The number of pyridine rings is 1. The summed E-state index contributed by atoms with van der Waals surface area (Å²) in [6.45, 7) is 8.51. The van der Waals surface area contributed by atoms with Gasteiger partial charge in [-0.15, -0.1) is 0 Å². The number of carbonyl (C=O) groups is 1. The highest BCUT2D eigenvalue weighted by atomic mass is 16.5. The van der Waals surface area contributed by atoms with E-state index in [4.69, 9.17) is 9.47 Å². The van der Waals surface area contributed by atoms with Crippen molar-refractivity contribution in [2.75, 3.05) is 20.1 Å². The van der Waals surface area contributed by atoms with Crippen LogP contribution in [0.3, 0.4) is 0 Å². The van der Waals surface area contributed by atoms with E-state index in [1.54, 1.807) is 13.1 Å². The van der Waals surface area contributed by atoms with Crippen LogP contribution in [-0.4, -0.2) is 42.0 Å². The quantitative estimate of drug-likeness (QED) is 0.723. The second-order valence-corrected chi connectivity index (χ2v) is 7.82. The van der Waals surface area contributed by atoms with Gasteiger partial charge in [0.05, 0.1) is 17.7 Å². The van der Waals surface area contributed by atoms with Gasteiger partial charge in [0.15, 0.2) is 11.4 Å². The predicted molar refractivity (Wildman–Crippen MR) is 113 cm³/mol. The minimum Gasteiger partial charge on any atom is -0.488 e. The van der Waals surface area contributed by atoms with Gasteiger partial charge in [-0.05, 0) is 50.1 Å². The lowest BCUT2D eigenvalue weighted by atomic mass is 9.98. The van der Waals surface area contributed by atoms with Crippen molar-refractivity contribution in [2.45, 2.75) is 40.0 Å². The molecule has 1 aliphatic heterocycles. The maximum atomic E-state index is 11.6. The molecule has 30 heavy (non-hydrogen) atoms. The standard InChI is InChI=1S/C23H28N4O3/c1-15(2)30-22-8-6-19(26-20(22)10-24)14-29-21-7-5-17(9-16(21)3)11-27-12-18(13-27)23(28)25-4/h5-9,15,18H,11-14H2,1-4H3,(H,25,28). The Labute approximate surface area is 177 Å². The van der Waals surface area contributed by atoms with Crippen LogP contribution in [0.5, 0.6) is 11.5 Å². The minimum atomic E-state index is -0.0203. The molecule has 1 aromatic carbocycles. The van der Waals surface area contributed by atoms with Gasteiger partial charge in [-0.1, -0.05) is 12.1 Å². The number of nitrogens with one attached hydrogen (secondary N) is 1. The van der Waals surface area contributed by atoms with Crippen molar-refractivity contribution in [1.82, 2.24) is 15.2 Å². The van der Waals surface area contributed by atoms with Crippen molar-refractivity contribution in [3.05, 3.63) is 52.8 Å². The van der Waals surface area contributed by atoms with Crippen LogP contribution in [0.15, 0.2) is 30.3 Å². The first kappa shape index (κ1) is 21.6. The van der Waals surface area contributed by atoms with Crippen molar-refractivity contribution < 1.29 is 14.3 Å². The fourth-order valence-electron chi connectivity index (χ4n) is 3.45. The third-order valence-electron chi connectivity index (χ3n) is 4.98. The molecule has 0 aliphatic carbocycles. The van der Waals surface area contributed by atoms with E-state index in [-0.39, 0.29) is 30.2 Å². The normalized spacial score (nSPS) is 14.1. The van der Waals surface area contributed by atoms with Crippen LogP contribution in [0, 0.1) is 24.2 Å². The maximum absolute atomic E-state index is 11.6. The molecule has 0 spiro atoms. The zero-order valence-electron chi connectivity index (χ0n) is 17.9. The van der Waals surface area contributed by atoms with Gasteiger partial charge >= 0.3 is 0 Å². The Hall–Kier alpha value is -3.11. The number of likely N-dealkylation sites (tertiary alicyclic amines) is 1.